The molecule has 0 radical (unpaired) electrons. The zero-order chi connectivity index (χ0) is 13.8. The van der Waals surface area contributed by atoms with Crippen molar-refractivity contribution in [2.24, 2.45) is 0 Å². The predicted molar refractivity (Wildman–Crippen MR) is 63.3 cm³/mol. The number of hydrogen-bond donors (Lipinski definition) is 1. The van der Waals surface area contributed by atoms with E-state index in [0.29, 0.717) is 12.2 Å². The molecule has 0 unspecified atom stereocenters. The van der Waals surface area contributed by atoms with Crippen LogP contribution in [0.2, 0.25) is 0 Å². The smallest absolute Gasteiger partial charge is 0.349 e. The van der Waals surface area contributed by atoms with Gasteiger partial charge in [0, 0.05) is 25.8 Å². The van der Waals surface area contributed by atoms with Gasteiger partial charge in [-0.2, -0.15) is 13.2 Å². The van der Waals surface area contributed by atoms with E-state index in [0.717, 1.165) is 4.90 Å². The lowest BCUT2D eigenvalue weighted by atomic mass is 10.3. The maximum atomic E-state index is 12.2. The quantitative estimate of drug-likeness (QED) is 0.881. The minimum atomic E-state index is -4.25. The van der Waals surface area contributed by atoms with E-state index >= 15 is 0 Å². The van der Waals surface area contributed by atoms with Crippen LogP contribution in [0.4, 0.5) is 19.0 Å². The summed E-state index contributed by atoms with van der Waals surface area (Å²) >= 11 is 0. The molecule has 0 aliphatic carbocycles. The molecule has 1 heterocycles. The van der Waals surface area contributed by atoms with Crippen LogP contribution < -0.4 is 10.2 Å². The highest BCUT2D eigenvalue weighted by molar-refractivity contribution is 5.35. The molecule has 0 bridgehead atoms. The van der Waals surface area contributed by atoms with Gasteiger partial charge in [0.15, 0.2) is 0 Å². The molecule has 1 aromatic rings. The number of nitrogens with one attached hydrogen (secondary N) is 1. The van der Waals surface area contributed by atoms with Gasteiger partial charge in [-0.15, -0.1) is 0 Å². The molecule has 0 amide bonds. The Kier molecular flexibility index (Phi) is 4.89. The zero-order valence-electron chi connectivity index (χ0n) is 10.6. The Morgan fingerprint density at radius 1 is 1.33 bits per heavy atom. The molecule has 0 saturated heterocycles. The van der Waals surface area contributed by atoms with E-state index in [4.69, 9.17) is 0 Å². The lowest BCUT2D eigenvalue weighted by molar-refractivity contribution is -0.119. The van der Waals surface area contributed by atoms with Crippen LogP contribution in [0.15, 0.2) is 12.4 Å². The van der Waals surface area contributed by atoms with Gasteiger partial charge in [-0.1, -0.05) is 13.8 Å². The van der Waals surface area contributed by atoms with Crippen molar-refractivity contribution in [3.8, 4) is 0 Å². The fourth-order valence-corrected chi connectivity index (χ4v) is 1.32. The Balaban J connectivity index is 2.69. The van der Waals surface area contributed by atoms with Gasteiger partial charge in [0.2, 0.25) is 0 Å². The van der Waals surface area contributed by atoms with E-state index in [1.165, 1.54) is 13.2 Å². The van der Waals surface area contributed by atoms with E-state index in [-0.39, 0.29) is 11.9 Å². The zero-order valence-corrected chi connectivity index (χ0v) is 10.6. The van der Waals surface area contributed by atoms with Crippen molar-refractivity contribution in [2.45, 2.75) is 32.6 Å². The maximum Gasteiger partial charge on any atom is 0.405 e. The SMILES string of the molecule is CC(C)NCc1cncc(N(C)CC(F)(F)F)n1. The summed E-state index contributed by atoms with van der Waals surface area (Å²) in [6.45, 7) is 3.40. The first-order chi connectivity index (χ1) is 8.28. The third-order valence-electron chi connectivity index (χ3n) is 2.17. The molecule has 0 spiro atoms. The Bertz CT molecular complexity index is 379. The Labute approximate surface area is 104 Å². The third kappa shape index (κ3) is 5.31. The van der Waals surface area contributed by atoms with E-state index in [1.807, 2.05) is 13.8 Å². The van der Waals surface area contributed by atoms with Gasteiger partial charge in [0.25, 0.3) is 0 Å². The minimum absolute atomic E-state index is 0.218. The van der Waals surface area contributed by atoms with Crippen molar-refractivity contribution >= 4 is 5.82 Å². The van der Waals surface area contributed by atoms with E-state index in [9.17, 15) is 13.2 Å². The molecular formula is C11H17F3N4. The van der Waals surface area contributed by atoms with E-state index < -0.39 is 12.7 Å². The van der Waals surface area contributed by atoms with Crippen molar-refractivity contribution in [3.63, 3.8) is 0 Å². The summed E-state index contributed by atoms with van der Waals surface area (Å²) in [6.07, 6.45) is -1.38. The summed E-state index contributed by atoms with van der Waals surface area (Å²) < 4.78 is 36.7. The molecule has 1 rings (SSSR count). The second-order valence-corrected chi connectivity index (χ2v) is 4.38. The van der Waals surface area contributed by atoms with E-state index in [2.05, 4.69) is 15.3 Å². The highest BCUT2D eigenvalue weighted by Gasteiger charge is 2.29. The number of anilines is 1. The van der Waals surface area contributed by atoms with Crippen molar-refractivity contribution in [1.29, 1.82) is 0 Å². The van der Waals surface area contributed by atoms with Crippen LogP contribution in [0.5, 0.6) is 0 Å². The Morgan fingerprint density at radius 2 is 2.00 bits per heavy atom. The average molecular weight is 262 g/mol. The van der Waals surface area contributed by atoms with Crippen LogP contribution in [0.3, 0.4) is 0 Å². The van der Waals surface area contributed by atoms with Crippen molar-refractivity contribution in [1.82, 2.24) is 15.3 Å². The molecule has 0 aliphatic rings. The number of halogens is 3. The highest BCUT2D eigenvalue weighted by Crippen LogP contribution is 2.18. The Morgan fingerprint density at radius 3 is 2.56 bits per heavy atom. The number of rotatable bonds is 5. The first-order valence-corrected chi connectivity index (χ1v) is 5.60. The van der Waals surface area contributed by atoms with Crippen LogP contribution in [0, 0.1) is 0 Å². The molecular weight excluding hydrogens is 245 g/mol. The van der Waals surface area contributed by atoms with Crippen LogP contribution in [-0.2, 0) is 6.54 Å². The van der Waals surface area contributed by atoms with Crippen molar-refractivity contribution in [3.05, 3.63) is 18.1 Å². The van der Waals surface area contributed by atoms with E-state index in [1.54, 1.807) is 6.20 Å². The molecule has 102 valence electrons. The molecule has 0 fully saturated rings. The lowest BCUT2D eigenvalue weighted by Gasteiger charge is -2.20. The maximum absolute atomic E-state index is 12.2. The summed E-state index contributed by atoms with van der Waals surface area (Å²) in [5.74, 6) is 0.218. The number of aromatic nitrogens is 2. The van der Waals surface area contributed by atoms with Gasteiger partial charge < -0.3 is 10.2 Å². The summed E-state index contributed by atoms with van der Waals surface area (Å²) in [5.41, 5.74) is 0.621. The van der Waals surface area contributed by atoms with Crippen LogP contribution >= 0.6 is 0 Å². The van der Waals surface area contributed by atoms with Gasteiger partial charge in [0.05, 0.1) is 11.9 Å². The largest absolute Gasteiger partial charge is 0.405 e. The molecule has 0 aliphatic heterocycles. The number of hydrogen-bond acceptors (Lipinski definition) is 4. The first kappa shape index (κ1) is 14.7. The van der Waals surface area contributed by atoms with Gasteiger partial charge in [0.1, 0.15) is 12.4 Å². The van der Waals surface area contributed by atoms with Crippen molar-refractivity contribution < 1.29 is 13.2 Å². The third-order valence-corrected chi connectivity index (χ3v) is 2.17. The molecule has 18 heavy (non-hydrogen) atoms. The average Bonchev–Trinajstić information content (AvgIpc) is 2.24. The first-order valence-electron chi connectivity index (χ1n) is 5.60. The second kappa shape index (κ2) is 5.99. The van der Waals surface area contributed by atoms with Crippen LogP contribution in [0.1, 0.15) is 19.5 Å². The minimum Gasteiger partial charge on any atom is -0.349 e. The van der Waals surface area contributed by atoms with Gasteiger partial charge in [-0.25, -0.2) is 4.98 Å². The predicted octanol–water partition coefficient (Wildman–Crippen LogP) is 1.97. The molecule has 1 N–H and O–H groups in total. The monoisotopic (exact) mass is 262 g/mol. The summed E-state index contributed by atoms with van der Waals surface area (Å²) in [6, 6.07) is 0.281. The van der Waals surface area contributed by atoms with Crippen LogP contribution in [0.25, 0.3) is 0 Å². The summed E-state index contributed by atoms with van der Waals surface area (Å²) in [7, 11) is 1.34. The van der Waals surface area contributed by atoms with Gasteiger partial charge in [-0.05, 0) is 0 Å². The molecule has 0 aromatic carbocycles. The van der Waals surface area contributed by atoms with Crippen LogP contribution in [-0.4, -0.2) is 35.8 Å². The Hall–Kier alpha value is -1.37. The number of alkyl halides is 3. The molecule has 1 aromatic heterocycles. The van der Waals surface area contributed by atoms with Gasteiger partial charge >= 0.3 is 6.18 Å². The number of nitrogens with zero attached hydrogens (tertiary/aromatic N) is 3. The van der Waals surface area contributed by atoms with Gasteiger partial charge in [-0.3, -0.25) is 4.98 Å². The van der Waals surface area contributed by atoms with Crippen molar-refractivity contribution in [2.75, 3.05) is 18.5 Å². The molecule has 4 nitrogen and oxygen atoms in total. The molecule has 0 saturated carbocycles. The second-order valence-electron chi connectivity index (χ2n) is 4.38. The molecule has 0 atom stereocenters. The topological polar surface area (TPSA) is 41.1 Å². The normalized spacial score (nSPS) is 11.9. The summed E-state index contributed by atoms with van der Waals surface area (Å²) in [5, 5.41) is 3.13. The molecule has 7 heteroatoms. The fraction of sp³-hybridized carbons (Fsp3) is 0.636. The standard InChI is InChI=1S/C11H17F3N4/c1-8(2)16-5-9-4-15-6-10(17-9)18(3)7-11(12,13)14/h4,6,8,16H,5,7H2,1-3H3. The highest BCUT2D eigenvalue weighted by atomic mass is 19.4. The summed E-state index contributed by atoms with van der Waals surface area (Å²) in [4.78, 5) is 9.07. The lowest BCUT2D eigenvalue weighted by Crippen LogP contribution is -2.32. The fourth-order valence-electron chi connectivity index (χ4n) is 1.32.